The topological polar surface area (TPSA) is 66.4 Å². The van der Waals surface area contributed by atoms with Gasteiger partial charge in [-0.3, -0.25) is 9.59 Å². The van der Waals surface area contributed by atoms with Gasteiger partial charge in [0.25, 0.3) is 0 Å². The van der Waals surface area contributed by atoms with Crippen molar-refractivity contribution in [2.75, 3.05) is 0 Å². The Morgan fingerprint density at radius 3 is 1.96 bits per heavy atom. The Bertz CT molecular complexity index is 555. The predicted molar refractivity (Wildman–Crippen MR) is 84.3 cm³/mol. The van der Waals surface area contributed by atoms with E-state index in [2.05, 4.69) is 11.4 Å². The van der Waals surface area contributed by atoms with Gasteiger partial charge in [0.15, 0.2) is 0 Å². The van der Waals surface area contributed by atoms with E-state index in [-0.39, 0.29) is 23.7 Å². The van der Waals surface area contributed by atoms with Crippen LogP contribution in [0.1, 0.15) is 38.5 Å². The first kappa shape index (κ1) is 14.1. The quantitative estimate of drug-likeness (QED) is 0.786. The molecular formula is C19H25NO3. The van der Waals surface area contributed by atoms with Gasteiger partial charge in [-0.15, -0.1) is 0 Å². The molecule has 2 N–H and O–H groups in total. The van der Waals surface area contributed by atoms with Crippen LogP contribution in [-0.4, -0.2) is 23.0 Å². The number of fused-ring (bicyclic) bond motifs is 2. The number of nitrogens with one attached hydrogen (secondary N) is 1. The van der Waals surface area contributed by atoms with Crippen LogP contribution in [0.25, 0.3) is 0 Å². The molecule has 0 spiro atoms. The largest absolute Gasteiger partial charge is 0.481 e. The van der Waals surface area contributed by atoms with Crippen LogP contribution in [0.4, 0.5) is 0 Å². The molecule has 0 unspecified atom stereocenters. The molecule has 0 radical (unpaired) electrons. The van der Waals surface area contributed by atoms with Crippen LogP contribution in [0.5, 0.6) is 0 Å². The van der Waals surface area contributed by atoms with Crippen molar-refractivity contribution in [1.29, 1.82) is 0 Å². The lowest BCUT2D eigenvalue weighted by molar-refractivity contribution is -0.148. The van der Waals surface area contributed by atoms with E-state index in [9.17, 15) is 14.7 Å². The zero-order chi connectivity index (χ0) is 15.7. The summed E-state index contributed by atoms with van der Waals surface area (Å²) < 4.78 is 0. The number of hydrogen-bond acceptors (Lipinski definition) is 2. The first-order valence-electron chi connectivity index (χ1n) is 9.31. The van der Waals surface area contributed by atoms with E-state index in [1.54, 1.807) is 0 Å². The molecule has 6 bridgehead atoms. The van der Waals surface area contributed by atoms with Crippen molar-refractivity contribution < 1.29 is 14.7 Å². The first-order valence-corrected chi connectivity index (χ1v) is 9.31. The Morgan fingerprint density at radius 2 is 1.39 bits per heavy atom. The summed E-state index contributed by atoms with van der Waals surface area (Å²) in [6.07, 6.45) is 11.4. The summed E-state index contributed by atoms with van der Waals surface area (Å²) in [4.78, 5) is 24.6. The fourth-order valence-electron chi connectivity index (χ4n) is 6.94. The number of amides is 1. The molecule has 0 heterocycles. The van der Waals surface area contributed by atoms with Gasteiger partial charge in [0.1, 0.15) is 0 Å². The van der Waals surface area contributed by atoms with E-state index < -0.39 is 11.9 Å². The highest BCUT2D eigenvalue weighted by Crippen LogP contribution is 2.54. The second kappa shape index (κ2) is 4.84. The van der Waals surface area contributed by atoms with E-state index in [4.69, 9.17) is 0 Å². The number of carboxylic acids is 1. The SMILES string of the molecule is O=C(NC1C2CC3CC(C2)CC1C3)[C@@H]1[C@H](C(=O)O)[C@H]2C=C[C@H]1C2. The van der Waals surface area contributed by atoms with Gasteiger partial charge < -0.3 is 10.4 Å². The molecule has 0 aromatic heterocycles. The third kappa shape index (κ3) is 2.03. The number of rotatable bonds is 3. The molecule has 6 aliphatic carbocycles. The van der Waals surface area contributed by atoms with E-state index >= 15 is 0 Å². The van der Waals surface area contributed by atoms with Crippen molar-refractivity contribution in [2.24, 2.45) is 47.3 Å². The molecule has 124 valence electrons. The van der Waals surface area contributed by atoms with Crippen molar-refractivity contribution in [2.45, 2.75) is 44.6 Å². The van der Waals surface area contributed by atoms with Crippen LogP contribution in [0.15, 0.2) is 12.2 Å². The molecule has 4 atom stereocenters. The molecule has 4 nitrogen and oxygen atoms in total. The lowest BCUT2D eigenvalue weighted by atomic mass is 9.54. The fraction of sp³-hybridized carbons (Fsp3) is 0.789. The normalized spacial score (nSPS) is 52.1. The number of allylic oxidation sites excluding steroid dienone is 2. The summed E-state index contributed by atoms with van der Waals surface area (Å²) in [5, 5.41) is 12.9. The van der Waals surface area contributed by atoms with Gasteiger partial charge in [0.2, 0.25) is 5.91 Å². The van der Waals surface area contributed by atoms with Gasteiger partial charge in [-0.05, 0) is 74.0 Å². The summed E-state index contributed by atoms with van der Waals surface area (Å²) >= 11 is 0. The molecule has 5 fully saturated rings. The van der Waals surface area contributed by atoms with Crippen molar-refractivity contribution in [1.82, 2.24) is 5.32 Å². The molecule has 1 amide bonds. The van der Waals surface area contributed by atoms with E-state index in [0.717, 1.165) is 18.3 Å². The van der Waals surface area contributed by atoms with E-state index in [0.29, 0.717) is 17.9 Å². The van der Waals surface area contributed by atoms with E-state index in [1.165, 1.54) is 32.1 Å². The van der Waals surface area contributed by atoms with Crippen LogP contribution in [-0.2, 0) is 9.59 Å². The Hall–Kier alpha value is -1.32. The predicted octanol–water partition coefficient (Wildman–Crippen LogP) is 2.45. The van der Waals surface area contributed by atoms with Crippen LogP contribution < -0.4 is 5.32 Å². The highest BCUT2D eigenvalue weighted by Gasteiger charge is 2.54. The van der Waals surface area contributed by atoms with Crippen LogP contribution >= 0.6 is 0 Å². The van der Waals surface area contributed by atoms with E-state index in [1.807, 2.05) is 6.08 Å². The second-order valence-corrected chi connectivity index (χ2v) is 8.80. The van der Waals surface area contributed by atoms with Gasteiger partial charge in [0.05, 0.1) is 11.8 Å². The summed E-state index contributed by atoms with van der Waals surface area (Å²) in [6, 6.07) is 0.313. The summed E-state index contributed by atoms with van der Waals surface area (Å²) in [5.41, 5.74) is 0. The second-order valence-electron chi connectivity index (χ2n) is 8.80. The van der Waals surface area contributed by atoms with Crippen molar-refractivity contribution in [3.8, 4) is 0 Å². The van der Waals surface area contributed by atoms with Gasteiger partial charge in [-0.1, -0.05) is 12.2 Å². The van der Waals surface area contributed by atoms with Gasteiger partial charge in [-0.2, -0.15) is 0 Å². The summed E-state index contributed by atoms with van der Waals surface area (Å²) in [7, 11) is 0. The van der Waals surface area contributed by atoms with Crippen molar-refractivity contribution in [3.05, 3.63) is 12.2 Å². The Labute approximate surface area is 136 Å². The van der Waals surface area contributed by atoms with Gasteiger partial charge >= 0.3 is 5.97 Å². The molecule has 0 saturated heterocycles. The van der Waals surface area contributed by atoms with Gasteiger partial charge in [-0.25, -0.2) is 0 Å². The Balaban J connectivity index is 1.34. The minimum absolute atomic E-state index is 0.0201. The van der Waals surface area contributed by atoms with Gasteiger partial charge in [0, 0.05) is 6.04 Å². The average Bonchev–Trinajstić information content (AvgIpc) is 3.10. The summed E-state index contributed by atoms with van der Waals surface area (Å²) in [6.45, 7) is 0. The number of carbonyl (C=O) groups is 2. The highest BCUT2D eigenvalue weighted by molar-refractivity contribution is 5.87. The minimum Gasteiger partial charge on any atom is -0.481 e. The molecule has 0 aromatic rings. The Kier molecular flexibility index (Phi) is 2.96. The molecule has 23 heavy (non-hydrogen) atoms. The average molecular weight is 315 g/mol. The maximum atomic E-state index is 12.9. The number of carbonyl (C=O) groups excluding carboxylic acids is 1. The molecule has 0 aliphatic heterocycles. The molecule has 6 rings (SSSR count). The van der Waals surface area contributed by atoms with Crippen LogP contribution in [0, 0.1) is 47.3 Å². The zero-order valence-electron chi connectivity index (χ0n) is 13.4. The maximum Gasteiger partial charge on any atom is 0.307 e. The highest BCUT2D eigenvalue weighted by atomic mass is 16.4. The van der Waals surface area contributed by atoms with Crippen LogP contribution in [0.2, 0.25) is 0 Å². The summed E-state index contributed by atoms with van der Waals surface area (Å²) in [5.74, 6) is 1.64. The Morgan fingerprint density at radius 1 is 0.826 bits per heavy atom. The number of carboxylic acid groups (broad SMARTS) is 1. The molecule has 4 heteroatoms. The molecule has 5 saturated carbocycles. The lowest BCUT2D eigenvalue weighted by Gasteiger charge is -2.54. The van der Waals surface area contributed by atoms with Crippen molar-refractivity contribution >= 4 is 11.9 Å². The number of aliphatic carboxylic acids is 1. The standard InChI is InChI=1S/C19H25NO3/c21-18(15-11-1-2-12(8-11)16(15)19(22)23)20-17-13-4-9-3-10(6-13)7-14(17)5-9/h1-2,9-17H,3-8H2,(H,20,21)(H,22,23)/t9?,10?,11-,12-,13?,14?,15-,16+,17?/m0/s1. The third-order valence-electron chi connectivity index (χ3n) is 7.58. The molecule has 6 aliphatic rings. The van der Waals surface area contributed by atoms with Crippen LogP contribution in [0.3, 0.4) is 0 Å². The zero-order valence-corrected chi connectivity index (χ0v) is 13.4. The number of hydrogen-bond donors (Lipinski definition) is 2. The first-order chi connectivity index (χ1) is 11.1. The third-order valence-corrected chi connectivity index (χ3v) is 7.58. The van der Waals surface area contributed by atoms with Crippen molar-refractivity contribution in [3.63, 3.8) is 0 Å². The monoisotopic (exact) mass is 315 g/mol. The molecular weight excluding hydrogens is 290 g/mol. The minimum atomic E-state index is -0.799. The maximum absolute atomic E-state index is 12.9. The molecule has 0 aromatic carbocycles. The smallest absolute Gasteiger partial charge is 0.307 e. The fourth-order valence-corrected chi connectivity index (χ4v) is 6.94. The lowest BCUT2D eigenvalue weighted by Crippen LogP contribution is -2.57.